The molecule has 0 unspecified atom stereocenters. The zero-order valence-corrected chi connectivity index (χ0v) is 18.0. The predicted molar refractivity (Wildman–Crippen MR) is 118 cm³/mol. The minimum Gasteiger partial charge on any atom is -0.360 e. The van der Waals surface area contributed by atoms with Crippen LogP contribution in [0.3, 0.4) is 0 Å². The number of nitrogens with zero attached hydrogens (tertiary/aromatic N) is 5. The summed E-state index contributed by atoms with van der Waals surface area (Å²) in [4.78, 5) is 16.6. The number of aromatic nitrogens is 4. The standard InChI is InChI=1S/C21H25N7OS/c1-16(30-21-23-24-25-28(21)19-6-4-3-5-7-19)20(29)22-17-8-10-18(11-9-17)27-14-12-26(2)13-15-27/h3-11,16H,12-15H2,1-2H3,(H,22,29)/p+1/t16-/m1/s1. The van der Waals surface area contributed by atoms with E-state index in [1.54, 1.807) is 9.58 Å². The van der Waals surface area contributed by atoms with Crippen molar-refractivity contribution in [2.45, 2.75) is 17.3 Å². The van der Waals surface area contributed by atoms with Gasteiger partial charge in [0.1, 0.15) is 0 Å². The Morgan fingerprint density at radius 3 is 2.47 bits per heavy atom. The molecule has 2 N–H and O–H groups in total. The Labute approximate surface area is 180 Å². The molecule has 0 saturated carbocycles. The van der Waals surface area contributed by atoms with E-state index in [2.05, 4.69) is 44.9 Å². The van der Waals surface area contributed by atoms with Gasteiger partial charge in [-0.05, 0) is 53.7 Å². The molecule has 2 aromatic carbocycles. The molecule has 3 aromatic rings. The van der Waals surface area contributed by atoms with Crippen LogP contribution >= 0.6 is 11.8 Å². The molecule has 0 bridgehead atoms. The van der Waals surface area contributed by atoms with Crippen LogP contribution in [0.2, 0.25) is 0 Å². The van der Waals surface area contributed by atoms with E-state index in [-0.39, 0.29) is 11.2 Å². The van der Waals surface area contributed by atoms with Crippen molar-refractivity contribution in [1.29, 1.82) is 0 Å². The molecule has 1 saturated heterocycles. The Balaban J connectivity index is 1.36. The number of carbonyl (C=O) groups excluding carboxylic acids is 1. The van der Waals surface area contributed by atoms with Gasteiger partial charge in [0.2, 0.25) is 11.1 Å². The molecular weight excluding hydrogens is 398 g/mol. The first-order chi connectivity index (χ1) is 14.6. The molecule has 1 aromatic heterocycles. The minimum atomic E-state index is -0.348. The van der Waals surface area contributed by atoms with Crippen LogP contribution in [-0.4, -0.2) is 64.6 Å². The second kappa shape index (κ2) is 9.27. The van der Waals surface area contributed by atoms with E-state index >= 15 is 0 Å². The number of thioether (sulfide) groups is 1. The average molecular weight is 425 g/mol. The van der Waals surface area contributed by atoms with Crippen LogP contribution in [0.1, 0.15) is 6.92 Å². The number of para-hydroxylation sites is 1. The second-order valence-corrected chi connectivity index (χ2v) is 8.76. The van der Waals surface area contributed by atoms with Crippen LogP contribution in [0.25, 0.3) is 5.69 Å². The maximum Gasteiger partial charge on any atom is 0.237 e. The monoisotopic (exact) mass is 424 g/mol. The number of hydrogen-bond acceptors (Lipinski definition) is 6. The van der Waals surface area contributed by atoms with Crippen molar-refractivity contribution < 1.29 is 9.69 Å². The smallest absolute Gasteiger partial charge is 0.237 e. The Bertz CT molecular complexity index is 969. The Hall–Kier alpha value is -2.91. The quantitative estimate of drug-likeness (QED) is 0.577. The van der Waals surface area contributed by atoms with Gasteiger partial charge in [0, 0.05) is 11.4 Å². The maximum atomic E-state index is 12.7. The van der Waals surface area contributed by atoms with E-state index in [1.165, 1.54) is 17.4 Å². The fourth-order valence-electron chi connectivity index (χ4n) is 3.34. The molecule has 1 fully saturated rings. The topological polar surface area (TPSA) is 80.4 Å². The number of benzene rings is 2. The van der Waals surface area contributed by atoms with Gasteiger partial charge in [0.05, 0.1) is 44.2 Å². The largest absolute Gasteiger partial charge is 0.360 e. The number of carbonyl (C=O) groups is 1. The van der Waals surface area contributed by atoms with E-state index in [1.807, 2.05) is 49.4 Å². The van der Waals surface area contributed by atoms with Gasteiger partial charge >= 0.3 is 0 Å². The van der Waals surface area contributed by atoms with Crippen LogP contribution in [0.4, 0.5) is 11.4 Å². The zero-order valence-electron chi connectivity index (χ0n) is 17.2. The number of rotatable bonds is 6. The molecule has 2 heterocycles. The fraction of sp³-hybridized carbons (Fsp3) is 0.333. The SMILES string of the molecule is C[C@@H](Sc1nnnn1-c1ccccc1)C(=O)Nc1ccc(N2CC[NH+](C)CC2)cc1. The summed E-state index contributed by atoms with van der Waals surface area (Å²) in [5.74, 6) is -0.0847. The normalized spacial score (nSPS) is 15.7. The zero-order chi connectivity index (χ0) is 20.9. The lowest BCUT2D eigenvalue weighted by Crippen LogP contribution is -3.12. The molecule has 0 radical (unpaired) electrons. The number of amides is 1. The molecule has 156 valence electrons. The number of likely N-dealkylation sites (N-methyl/N-ethyl adjacent to an activating group) is 1. The number of quaternary nitrogens is 1. The molecule has 1 aliphatic heterocycles. The molecule has 9 heteroatoms. The van der Waals surface area contributed by atoms with Gasteiger partial charge in [-0.25, -0.2) is 0 Å². The lowest BCUT2D eigenvalue weighted by molar-refractivity contribution is -0.880. The highest BCUT2D eigenvalue weighted by Crippen LogP contribution is 2.24. The van der Waals surface area contributed by atoms with Crippen molar-refractivity contribution in [1.82, 2.24) is 20.2 Å². The summed E-state index contributed by atoms with van der Waals surface area (Å²) in [5, 5.41) is 15.1. The first-order valence-corrected chi connectivity index (χ1v) is 11.0. The van der Waals surface area contributed by atoms with Crippen LogP contribution in [-0.2, 0) is 4.79 Å². The van der Waals surface area contributed by atoms with Gasteiger partial charge < -0.3 is 15.1 Å². The molecule has 1 atom stereocenters. The van der Waals surface area contributed by atoms with E-state index in [9.17, 15) is 4.79 Å². The summed E-state index contributed by atoms with van der Waals surface area (Å²) >= 11 is 1.33. The van der Waals surface area contributed by atoms with Crippen molar-refractivity contribution in [2.75, 3.05) is 43.4 Å². The third-order valence-corrected chi connectivity index (χ3v) is 6.24. The van der Waals surface area contributed by atoms with Gasteiger partial charge in [0.15, 0.2) is 0 Å². The second-order valence-electron chi connectivity index (χ2n) is 7.45. The van der Waals surface area contributed by atoms with Crippen molar-refractivity contribution in [2.24, 2.45) is 0 Å². The minimum absolute atomic E-state index is 0.0847. The fourth-order valence-corrected chi connectivity index (χ4v) is 4.15. The van der Waals surface area contributed by atoms with Crippen molar-refractivity contribution in [3.63, 3.8) is 0 Å². The van der Waals surface area contributed by atoms with Crippen molar-refractivity contribution in [3.05, 3.63) is 54.6 Å². The van der Waals surface area contributed by atoms with Crippen molar-refractivity contribution in [3.8, 4) is 5.69 Å². The Morgan fingerprint density at radius 1 is 1.07 bits per heavy atom. The van der Waals surface area contributed by atoms with Gasteiger partial charge in [-0.1, -0.05) is 30.0 Å². The molecular formula is C21H26N7OS+. The van der Waals surface area contributed by atoms with Gasteiger partial charge in [0.25, 0.3) is 0 Å². The first-order valence-electron chi connectivity index (χ1n) is 10.1. The van der Waals surface area contributed by atoms with Crippen LogP contribution in [0, 0.1) is 0 Å². The highest BCUT2D eigenvalue weighted by Gasteiger charge is 2.20. The Morgan fingerprint density at radius 2 is 1.77 bits per heavy atom. The van der Waals surface area contributed by atoms with E-state index < -0.39 is 0 Å². The molecule has 30 heavy (non-hydrogen) atoms. The van der Waals surface area contributed by atoms with Gasteiger partial charge in [-0.15, -0.1) is 5.10 Å². The lowest BCUT2D eigenvalue weighted by Gasteiger charge is -2.31. The number of anilines is 2. The molecule has 8 nitrogen and oxygen atoms in total. The summed E-state index contributed by atoms with van der Waals surface area (Å²) in [7, 11) is 2.23. The van der Waals surface area contributed by atoms with Crippen LogP contribution in [0.15, 0.2) is 59.8 Å². The number of nitrogens with one attached hydrogen (secondary N) is 2. The number of hydrogen-bond donors (Lipinski definition) is 2. The van der Waals surface area contributed by atoms with Gasteiger partial charge in [-0.2, -0.15) is 4.68 Å². The predicted octanol–water partition coefficient (Wildman–Crippen LogP) is 1.12. The van der Waals surface area contributed by atoms with Crippen LogP contribution < -0.4 is 15.1 Å². The lowest BCUT2D eigenvalue weighted by atomic mass is 10.2. The van der Waals surface area contributed by atoms with Gasteiger partial charge in [-0.3, -0.25) is 4.79 Å². The highest BCUT2D eigenvalue weighted by molar-refractivity contribution is 8.00. The first kappa shape index (κ1) is 20.4. The third kappa shape index (κ3) is 4.80. The summed E-state index contributed by atoms with van der Waals surface area (Å²) in [6.07, 6.45) is 0. The molecule has 1 aliphatic rings. The number of piperazine rings is 1. The number of tetrazole rings is 1. The van der Waals surface area contributed by atoms with E-state index in [0.29, 0.717) is 5.16 Å². The van der Waals surface area contributed by atoms with E-state index in [0.717, 1.165) is 37.6 Å². The van der Waals surface area contributed by atoms with Crippen LogP contribution in [0.5, 0.6) is 0 Å². The summed E-state index contributed by atoms with van der Waals surface area (Å²) in [6.45, 7) is 6.26. The summed E-state index contributed by atoms with van der Waals surface area (Å²) < 4.78 is 1.64. The maximum absolute atomic E-state index is 12.7. The third-order valence-electron chi connectivity index (χ3n) is 5.21. The van der Waals surface area contributed by atoms with Crippen molar-refractivity contribution >= 4 is 29.0 Å². The summed E-state index contributed by atoms with van der Waals surface area (Å²) in [6, 6.07) is 17.7. The average Bonchev–Trinajstić information content (AvgIpc) is 3.23. The molecule has 0 aliphatic carbocycles. The highest BCUT2D eigenvalue weighted by atomic mass is 32.2. The molecule has 4 rings (SSSR count). The molecule has 0 spiro atoms. The summed E-state index contributed by atoms with van der Waals surface area (Å²) in [5.41, 5.74) is 2.85. The molecule has 1 amide bonds. The Kier molecular flexibility index (Phi) is 6.29. The van der Waals surface area contributed by atoms with E-state index in [4.69, 9.17) is 0 Å².